The summed E-state index contributed by atoms with van der Waals surface area (Å²) in [6.07, 6.45) is 1.06. The molecule has 2 saturated heterocycles. The van der Waals surface area contributed by atoms with Crippen molar-refractivity contribution < 1.29 is 9.47 Å². The second kappa shape index (κ2) is 11.4. The van der Waals surface area contributed by atoms with Crippen LogP contribution in [0.2, 0.25) is 0 Å². The SMILES string of the molecule is CCOc1cc(NCCCN2CCOCC2)nc(-c2ccc(N3CCN(C)CC3)cc2)n1. The van der Waals surface area contributed by atoms with E-state index >= 15 is 0 Å². The number of rotatable bonds is 9. The van der Waals surface area contributed by atoms with Gasteiger partial charge in [0.25, 0.3) is 0 Å². The lowest BCUT2D eigenvalue weighted by atomic mass is 10.1. The van der Waals surface area contributed by atoms with Gasteiger partial charge in [0, 0.05) is 63.1 Å². The average molecular weight is 441 g/mol. The summed E-state index contributed by atoms with van der Waals surface area (Å²) < 4.78 is 11.1. The molecule has 32 heavy (non-hydrogen) atoms. The summed E-state index contributed by atoms with van der Waals surface area (Å²) >= 11 is 0. The monoisotopic (exact) mass is 440 g/mol. The van der Waals surface area contributed by atoms with Crippen LogP contribution < -0.4 is 15.0 Å². The van der Waals surface area contributed by atoms with E-state index in [9.17, 15) is 0 Å². The van der Waals surface area contributed by atoms with Gasteiger partial charge in [-0.05, 0) is 51.2 Å². The Balaban J connectivity index is 1.39. The van der Waals surface area contributed by atoms with E-state index < -0.39 is 0 Å². The van der Waals surface area contributed by atoms with Gasteiger partial charge in [-0.3, -0.25) is 4.90 Å². The normalized spacial score (nSPS) is 18.0. The Morgan fingerprint density at radius 1 is 1.00 bits per heavy atom. The topological polar surface area (TPSA) is 66.0 Å². The molecule has 0 aliphatic carbocycles. The largest absolute Gasteiger partial charge is 0.478 e. The van der Waals surface area contributed by atoms with Crippen molar-refractivity contribution in [3.63, 3.8) is 0 Å². The molecule has 0 amide bonds. The Morgan fingerprint density at radius 3 is 2.47 bits per heavy atom. The maximum absolute atomic E-state index is 5.71. The third-order valence-electron chi connectivity index (χ3n) is 6.05. The van der Waals surface area contributed by atoms with E-state index in [-0.39, 0.29) is 0 Å². The molecule has 174 valence electrons. The van der Waals surface area contributed by atoms with Gasteiger partial charge in [-0.15, -0.1) is 0 Å². The molecule has 0 atom stereocenters. The molecule has 2 aliphatic rings. The summed E-state index contributed by atoms with van der Waals surface area (Å²) in [6, 6.07) is 10.5. The van der Waals surface area contributed by atoms with Gasteiger partial charge in [0.15, 0.2) is 5.82 Å². The number of nitrogens with zero attached hydrogens (tertiary/aromatic N) is 5. The van der Waals surface area contributed by atoms with Crippen LogP contribution in [0.15, 0.2) is 30.3 Å². The molecule has 1 aromatic heterocycles. The van der Waals surface area contributed by atoms with Crippen LogP contribution in [0.25, 0.3) is 11.4 Å². The molecule has 0 saturated carbocycles. The number of piperazine rings is 1. The summed E-state index contributed by atoms with van der Waals surface area (Å²) in [5.74, 6) is 2.11. The maximum atomic E-state index is 5.71. The van der Waals surface area contributed by atoms with Crippen molar-refractivity contribution in [1.29, 1.82) is 0 Å². The zero-order valence-electron chi connectivity index (χ0n) is 19.4. The summed E-state index contributed by atoms with van der Waals surface area (Å²) in [5.41, 5.74) is 2.25. The first-order chi connectivity index (χ1) is 15.7. The first kappa shape index (κ1) is 22.8. The van der Waals surface area contributed by atoms with Crippen molar-refractivity contribution in [2.45, 2.75) is 13.3 Å². The van der Waals surface area contributed by atoms with Crippen molar-refractivity contribution in [3.8, 4) is 17.3 Å². The number of nitrogens with one attached hydrogen (secondary N) is 1. The quantitative estimate of drug-likeness (QED) is 0.597. The molecule has 0 radical (unpaired) electrons. The van der Waals surface area contributed by atoms with Crippen LogP contribution in [0.5, 0.6) is 5.88 Å². The van der Waals surface area contributed by atoms with Crippen molar-refractivity contribution in [1.82, 2.24) is 19.8 Å². The van der Waals surface area contributed by atoms with Crippen LogP contribution in [0.4, 0.5) is 11.5 Å². The lowest BCUT2D eigenvalue weighted by Gasteiger charge is -2.34. The van der Waals surface area contributed by atoms with Gasteiger partial charge in [-0.25, -0.2) is 4.98 Å². The molecule has 0 spiro atoms. The van der Waals surface area contributed by atoms with Crippen molar-refractivity contribution >= 4 is 11.5 Å². The molecular formula is C24H36N6O2. The number of benzene rings is 1. The van der Waals surface area contributed by atoms with Crippen LogP contribution >= 0.6 is 0 Å². The third kappa shape index (κ3) is 6.31. The van der Waals surface area contributed by atoms with E-state index in [2.05, 4.69) is 56.3 Å². The molecule has 0 bridgehead atoms. The fourth-order valence-corrected chi connectivity index (χ4v) is 4.10. The van der Waals surface area contributed by atoms with Gasteiger partial charge in [0.2, 0.25) is 5.88 Å². The van der Waals surface area contributed by atoms with Crippen LogP contribution in [-0.2, 0) is 4.74 Å². The molecule has 3 heterocycles. The number of hydrogen-bond donors (Lipinski definition) is 1. The maximum Gasteiger partial charge on any atom is 0.219 e. The van der Waals surface area contributed by atoms with Crippen LogP contribution in [-0.4, -0.2) is 99.0 Å². The number of ether oxygens (including phenoxy) is 2. The lowest BCUT2D eigenvalue weighted by Crippen LogP contribution is -2.44. The second-order valence-electron chi connectivity index (χ2n) is 8.42. The van der Waals surface area contributed by atoms with Gasteiger partial charge in [-0.1, -0.05) is 0 Å². The molecule has 2 fully saturated rings. The van der Waals surface area contributed by atoms with Crippen molar-refractivity contribution in [2.24, 2.45) is 0 Å². The van der Waals surface area contributed by atoms with Gasteiger partial charge in [-0.2, -0.15) is 4.98 Å². The number of likely N-dealkylation sites (N-methyl/N-ethyl adjacent to an activating group) is 1. The number of hydrogen-bond acceptors (Lipinski definition) is 8. The Morgan fingerprint density at radius 2 is 1.75 bits per heavy atom. The van der Waals surface area contributed by atoms with E-state index in [4.69, 9.17) is 14.5 Å². The third-order valence-corrected chi connectivity index (χ3v) is 6.05. The van der Waals surface area contributed by atoms with E-state index in [1.54, 1.807) is 0 Å². The average Bonchev–Trinajstić information content (AvgIpc) is 2.83. The van der Waals surface area contributed by atoms with E-state index in [1.165, 1.54) is 5.69 Å². The molecule has 1 aromatic carbocycles. The minimum Gasteiger partial charge on any atom is -0.478 e. The minimum absolute atomic E-state index is 0.579. The molecule has 2 aromatic rings. The fourth-order valence-electron chi connectivity index (χ4n) is 4.10. The van der Waals surface area contributed by atoms with E-state index in [0.29, 0.717) is 18.3 Å². The minimum atomic E-state index is 0.579. The van der Waals surface area contributed by atoms with Crippen LogP contribution in [0, 0.1) is 0 Å². The van der Waals surface area contributed by atoms with Crippen LogP contribution in [0.3, 0.4) is 0 Å². The van der Waals surface area contributed by atoms with E-state index in [0.717, 1.165) is 83.4 Å². The molecule has 8 nitrogen and oxygen atoms in total. The number of aromatic nitrogens is 2. The Labute approximate surface area is 191 Å². The summed E-state index contributed by atoms with van der Waals surface area (Å²) in [5, 5.41) is 3.46. The van der Waals surface area contributed by atoms with Gasteiger partial charge in [0.1, 0.15) is 5.82 Å². The van der Waals surface area contributed by atoms with Gasteiger partial charge < -0.3 is 24.6 Å². The summed E-state index contributed by atoms with van der Waals surface area (Å²) in [7, 11) is 2.18. The predicted molar refractivity (Wildman–Crippen MR) is 129 cm³/mol. The summed E-state index contributed by atoms with van der Waals surface area (Å²) in [4.78, 5) is 16.6. The Hall–Kier alpha value is -2.42. The molecule has 8 heteroatoms. The molecular weight excluding hydrogens is 404 g/mol. The summed E-state index contributed by atoms with van der Waals surface area (Å²) in [6.45, 7) is 12.5. The predicted octanol–water partition coefficient (Wildman–Crippen LogP) is 2.43. The molecule has 0 unspecified atom stereocenters. The first-order valence-corrected chi connectivity index (χ1v) is 11.8. The van der Waals surface area contributed by atoms with Gasteiger partial charge in [0.05, 0.1) is 19.8 Å². The highest BCUT2D eigenvalue weighted by molar-refractivity contribution is 5.62. The number of anilines is 2. The fraction of sp³-hybridized carbons (Fsp3) is 0.583. The van der Waals surface area contributed by atoms with Gasteiger partial charge >= 0.3 is 0 Å². The molecule has 4 rings (SSSR count). The standard InChI is InChI=1S/C24H36N6O2/c1-3-32-23-19-22(25-9-4-10-29-15-17-31-18-16-29)26-24(27-23)20-5-7-21(8-6-20)30-13-11-28(2)12-14-30/h5-8,19H,3-4,9-18H2,1-2H3,(H,25,26,27). The zero-order valence-corrected chi connectivity index (χ0v) is 19.4. The molecule has 1 N–H and O–H groups in total. The van der Waals surface area contributed by atoms with Crippen molar-refractivity contribution in [3.05, 3.63) is 30.3 Å². The highest BCUT2D eigenvalue weighted by Crippen LogP contribution is 2.25. The smallest absolute Gasteiger partial charge is 0.219 e. The zero-order chi connectivity index (χ0) is 22.2. The lowest BCUT2D eigenvalue weighted by molar-refractivity contribution is 0.0378. The first-order valence-electron chi connectivity index (χ1n) is 11.8. The highest BCUT2D eigenvalue weighted by atomic mass is 16.5. The van der Waals surface area contributed by atoms with Crippen LogP contribution in [0.1, 0.15) is 13.3 Å². The highest BCUT2D eigenvalue weighted by Gasteiger charge is 2.15. The Kier molecular flexibility index (Phi) is 8.14. The Bertz CT molecular complexity index is 833. The van der Waals surface area contributed by atoms with E-state index in [1.807, 2.05) is 13.0 Å². The second-order valence-corrected chi connectivity index (χ2v) is 8.42. The number of morpholine rings is 1. The van der Waals surface area contributed by atoms with Crippen molar-refractivity contribution in [2.75, 3.05) is 89.4 Å². The molecule has 2 aliphatic heterocycles.